The van der Waals surface area contributed by atoms with Crippen molar-refractivity contribution in [3.63, 3.8) is 0 Å². The number of amides is 7. The molecule has 1 saturated carbocycles. The van der Waals surface area contributed by atoms with E-state index in [1.165, 1.54) is 30.5 Å². The van der Waals surface area contributed by atoms with Gasteiger partial charge in [0.1, 0.15) is 18.1 Å². The minimum atomic E-state index is -2.93. The fraction of sp³-hybridized carbons (Fsp3) is 0.574. The van der Waals surface area contributed by atoms with Crippen molar-refractivity contribution in [1.82, 2.24) is 36.1 Å². The Kier molecular flexibility index (Phi) is 14.9. The van der Waals surface area contributed by atoms with Crippen LogP contribution in [0, 0.1) is 28.6 Å². The molecule has 17 heteroatoms. The van der Waals surface area contributed by atoms with Crippen LogP contribution >= 0.6 is 0 Å². The number of allylic oxidation sites excluding steroid dienone is 2. The fourth-order valence-electron chi connectivity index (χ4n) is 9.42. The van der Waals surface area contributed by atoms with Gasteiger partial charge in [-0.1, -0.05) is 78.2 Å². The van der Waals surface area contributed by atoms with Crippen LogP contribution in [0.15, 0.2) is 54.9 Å². The quantitative estimate of drug-likeness (QED) is 0.101. The van der Waals surface area contributed by atoms with E-state index in [1.54, 1.807) is 24.3 Å². The van der Waals surface area contributed by atoms with E-state index in [9.17, 15) is 37.5 Å². The topological polar surface area (TPSA) is 196 Å². The number of carbonyl (C=O) groups excluding carboxylic acids is 7. The lowest BCUT2D eigenvalue weighted by molar-refractivity contribution is -0.142. The van der Waals surface area contributed by atoms with Crippen LogP contribution < -0.4 is 21.3 Å². The first-order valence-electron chi connectivity index (χ1n) is 22.2. The maximum absolute atomic E-state index is 15.0. The highest BCUT2D eigenvalue weighted by atomic mass is 19.3. The van der Waals surface area contributed by atoms with Crippen LogP contribution in [0.1, 0.15) is 116 Å². The number of benzene rings is 1. The molecule has 15 nitrogen and oxygen atoms in total. The van der Waals surface area contributed by atoms with E-state index in [4.69, 9.17) is 4.74 Å². The van der Waals surface area contributed by atoms with E-state index in [0.717, 1.165) is 29.7 Å². The molecular weight excluding hydrogens is 829 g/mol. The predicted octanol–water partition coefficient (Wildman–Crippen LogP) is 5.06. The lowest BCUT2D eigenvalue weighted by Crippen LogP contribution is -2.61. The zero-order valence-corrected chi connectivity index (χ0v) is 37.5. The third-order valence-electron chi connectivity index (χ3n) is 13.3. The lowest BCUT2D eigenvalue weighted by atomic mass is 9.64. The number of likely N-dealkylation sites (tertiary alicyclic amines) is 1. The number of fused-ring (bicyclic) bond motifs is 1. The number of hydrogen-bond donors (Lipinski definition) is 4. The largest absolute Gasteiger partial charge is 0.465 e. The highest BCUT2D eigenvalue weighted by Crippen LogP contribution is 2.47. The summed E-state index contributed by atoms with van der Waals surface area (Å²) in [5.74, 6) is -3.99. The Bertz CT molecular complexity index is 2080. The number of ether oxygens (including phenoxy) is 1. The summed E-state index contributed by atoms with van der Waals surface area (Å²) in [4.78, 5) is 102. The van der Waals surface area contributed by atoms with Crippen molar-refractivity contribution in [3.05, 3.63) is 77.1 Å². The molecule has 0 radical (unpaired) electrons. The molecule has 2 aromatic rings. The number of alkyl halides is 2. The van der Waals surface area contributed by atoms with Gasteiger partial charge in [0.05, 0.1) is 36.4 Å². The van der Waals surface area contributed by atoms with E-state index in [1.807, 2.05) is 26.8 Å². The van der Waals surface area contributed by atoms with Gasteiger partial charge in [0.15, 0.2) is 0 Å². The van der Waals surface area contributed by atoms with Gasteiger partial charge in [-0.15, -0.1) is 0 Å². The van der Waals surface area contributed by atoms with Crippen LogP contribution in [-0.4, -0.2) is 114 Å². The maximum Gasteiger partial charge on any atom is 0.337 e. The van der Waals surface area contributed by atoms with Crippen LogP contribution in [0.3, 0.4) is 0 Å². The van der Waals surface area contributed by atoms with Crippen molar-refractivity contribution in [1.29, 1.82) is 0 Å². The Hall–Kier alpha value is -5.74. The summed E-state index contributed by atoms with van der Waals surface area (Å²) in [7, 11) is 1.27. The van der Waals surface area contributed by atoms with Gasteiger partial charge in [0.2, 0.25) is 24.1 Å². The minimum absolute atomic E-state index is 0.0114. The van der Waals surface area contributed by atoms with E-state index < -0.39 is 84.0 Å². The molecule has 0 bridgehead atoms. The van der Waals surface area contributed by atoms with Gasteiger partial charge < -0.3 is 30.9 Å². The summed E-state index contributed by atoms with van der Waals surface area (Å²) >= 11 is 0. The number of aromatic nitrogens is 1. The first-order chi connectivity index (χ1) is 30.3. The molecule has 2 aliphatic heterocycles. The van der Waals surface area contributed by atoms with Gasteiger partial charge in [-0.3, -0.25) is 33.9 Å². The monoisotopic (exact) mass is 889 g/mol. The predicted molar refractivity (Wildman–Crippen MR) is 232 cm³/mol. The SMILES string of the molecule is COC(=O)c1ccc(CCNC(=O)[C@H](CC(F)F)NC(=O)[C@@H]2CC(C3C=CC3(C)C)CN2C(=O)[C@@H](NC(=O)N[C@H](CN2C(=O)c3ccncc3C2=O)C(C)(C)C)C2CCCCC2)cc1. The standard InChI is InChI=1S/C47H61F2N7O8/c1-46(2,3)36(26-56-41(59)31-18-20-50-24-32(31)42(56)60)53-45(63)54-38(28-10-8-7-9-11-28)43(61)55-25-30(33-16-19-47(33,4)5)22-35(55)40(58)52-34(23-37(48)49)39(57)51-21-17-27-12-14-29(15-13-27)44(62)64-6/h12-16,18-20,24,28,30,33-38H,7-11,17,21-23,25-26H2,1-6H3,(H,51,57)(H,52,58)(H2,53,54,63)/t30?,33?,34-,35-,36+,38-/m0/s1. The Morgan fingerprint density at radius 3 is 2.22 bits per heavy atom. The summed E-state index contributed by atoms with van der Waals surface area (Å²) in [5, 5.41) is 11.1. The molecule has 7 amide bonds. The number of esters is 1. The van der Waals surface area contributed by atoms with Crippen LogP contribution in [-0.2, 0) is 25.5 Å². The molecule has 346 valence electrons. The molecule has 6 rings (SSSR count). The Morgan fingerprint density at radius 1 is 0.938 bits per heavy atom. The van der Waals surface area contributed by atoms with Crippen molar-refractivity contribution in [2.45, 2.75) is 117 Å². The number of carbonyl (C=O) groups is 7. The normalized spacial score (nSPS) is 22.0. The summed E-state index contributed by atoms with van der Waals surface area (Å²) in [5.41, 5.74) is 0.653. The Labute approximate surface area is 372 Å². The molecule has 1 aromatic carbocycles. The average molecular weight is 890 g/mol. The zero-order valence-electron chi connectivity index (χ0n) is 37.5. The van der Waals surface area contributed by atoms with Crippen LogP contribution in [0.2, 0.25) is 0 Å². The number of methoxy groups -OCH3 is 1. The van der Waals surface area contributed by atoms with Gasteiger partial charge in [-0.2, -0.15) is 0 Å². The van der Waals surface area contributed by atoms with Gasteiger partial charge in [0, 0.05) is 31.9 Å². The number of hydrogen-bond acceptors (Lipinski definition) is 9. The first kappa shape index (κ1) is 47.7. The number of pyridine rings is 1. The third kappa shape index (κ3) is 10.9. The molecule has 1 aromatic heterocycles. The van der Waals surface area contributed by atoms with E-state index in [0.29, 0.717) is 24.8 Å². The lowest BCUT2D eigenvalue weighted by Gasteiger charge is -2.41. The van der Waals surface area contributed by atoms with Gasteiger partial charge in [-0.25, -0.2) is 18.4 Å². The summed E-state index contributed by atoms with van der Waals surface area (Å²) in [6, 6.07) is 2.81. The highest BCUT2D eigenvalue weighted by Gasteiger charge is 2.50. The molecule has 64 heavy (non-hydrogen) atoms. The van der Waals surface area contributed by atoms with Gasteiger partial charge >= 0.3 is 12.0 Å². The van der Waals surface area contributed by atoms with Crippen molar-refractivity contribution in [3.8, 4) is 0 Å². The molecule has 2 aliphatic carbocycles. The smallest absolute Gasteiger partial charge is 0.337 e. The molecule has 6 atom stereocenters. The van der Waals surface area contributed by atoms with Gasteiger partial charge in [-0.05, 0) is 78.0 Å². The zero-order chi connectivity index (χ0) is 46.5. The number of nitrogens with zero attached hydrogens (tertiary/aromatic N) is 3. The Balaban J connectivity index is 1.19. The van der Waals surface area contributed by atoms with Crippen LogP contribution in [0.25, 0.3) is 0 Å². The van der Waals surface area contributed by atoms with Crippen molar-refractivity contribution in [2.75, 3.05) is 26.7 Å². The van der Waals surface area contributed by atoms with E-state index in [-0.39, 0.29) is 60.4 Å². The number of halogens is 2. The maximum atomic E-state index is 15.0. The van der Waals surface area contributed by atoms with Gasteiger partial charge in [0.25, 0.3) is 11.8 Å². The second-order valence-corrected chi connectivity index (χ2v) is 19.2. The molecule has 3 heterocycles. The summed E-state index contributed by atoms with van der Waals surface area (Å²) in [6.07, 6.45) is 7.43. The highest BCUT2D eigenvalue weighted by molar-refractivity contribution is 6.21. The van der Waals surface area contributed by atoms with Crippen molar-refractivity contribution in [2.24, 2.45) is 28.6 Å². The number of imide groups is 1. The van der Waals surface area contributed by atoms with Crippen LogP contribution in [0.5, 0.6) is 0 Å². The number of urea groups is 1. The van der Waals surface area contributed by atoms with E-state index >= 15 is 4.79 Å². The second kappa shape index (κ2) is 20.0. The molecule has 2 fully saturated rings. The summed E-state index contributed by atoms with van der Waals surface area (Å²) < 4.78 is 32.7. The molecular formula is C47H61F2N7O8. The first-order valence-corrected chi connectivity index (χ1v) is 22.2. The fourth-order valence-corrected chi connectivity index (χ4v) is 9.42. The van der Waals surface area contributed by atoms with Crippen LogP contribution in [0.4, 0.5) is 13.6 Å². The molecule has 2 unspecified atom stereocenters. The molecule has 4 N–H and O–H groups in total. The minimum Gasteiger partial charge on any atom is -0.465 e. The number of rotatable bonds is 16. The van der Waals surface area contributed by atoms with E-state index in [2.05, 4.69) is 46.2 Å². The molecule has 1 saturated heterocycles. The molecule has 0 spiro atoms. The number of nitrogens with one attached hydrogen (secondary N) is 4. The van der Waals surface area contributed by atoms with Crippen molar-refractivity contribution >= 4 is 41.5 Å². The third-order valence-corrected chi connectivity index (χ3v) is 13.3. The Morgan fingerprint density at radius 2 is 1.62 bits per heavy atom. The summed E-state index contributed by atoms with van der Waals surface area (Å²) in [6.45, 7) is 9.81. The average Bonchev–Trinajstić information content (AvgIpc) is 3.79. The second-order valence-electron chi connectivity index (χ2n) is 19.2. The molecule has 4 aliphatic rings. The van der Waals surface area contributed by atoms with Crippen molar-refractivity contribution < 1.29 is 47.1 Å².